The Bertz CT molecular complexity index is 854. The van der Waals surface area contributed by atoms with E-state index in [0.29, 0.717) is 29.0 Å². The molecule has 0 bridgehead atoms. The molecule has 0 saturated carbocycles. The third-order valence-electron chi connectivity index (χ3n) is 3.62. The highest BCUT2D eigenvalue weighted by Gasteiger charge is 2.10. The first-order valence-electron chi connectivity index (χ1n) is 7.95. The summed E-state index contributed by atoms with van der Waals surface area (Å²) >= 11 is 0. The summed E-state index contributed by atoms with van der Waals surface area (Å²) in [6.45, 7) is 6.05. The van der Waals surface area contributed by atoms with Gasteiger partial charge in [-0.05, 0) is 30.5 Å². The normalized spacial score (nSPS) is 10.7. The summed E-state index contributed by atoms with van der Waals surface area (Å²) < 4.78 is 4.90. The molecule has 0 saturated heterocycles. The molecule has 0 aliphatic heterocycles. The van der Waals surface area contributed by atoms with Crippen LogP contribution in [0.4, 0.5) is 17.5 Å². The maximum Gasteiger partial charge on any atom is 0.260 e. The lowest BCUT2D eigenvalue weighted by Crippen LogP contribution is -2.13. The predicted molar refractivity (Wildman–Crippen MR) is 95.0 cm³/mol. The van der Waals surface area contributed by atoms with Crippen LogP contribution in [0, 0.1) is 6.92 Å². The minimum Gasteiger partial charge on any atom is -0.360 e. The average Bonchev–Trinajstić information content (AvgIpc) is 3.01. The van der Waals surface area contributed by atoms with Crippen LogP contribution in [-0.4, -0.2) is 21.0 Å². The first-order chi connectivity index (χ1) is 12.0. The third kappa shape index (κ3) is 4.20. The molecule has 0 aliphatic carbocycles. The number of benzene rings is 1. The van der Waals surface area contributed by atoms with Crippen molar-refractivity contribution in [3.8, 4) is 0 Å². The Balaban J connectivity index is 1.64. The number of hydrogen-bond donors (Lipinski definition) is 2. The quantitative estimate of drug-likeness (QED) is 0.733. The van der Waals surface area contributed by atoms with Crippen LogP contribution in [0.2, 0.25) is 0 Å². The SMILES string of the molecule is Cc1cc(NC(=O)c2cnc(Nc3ccc(C(C)C)cc3)nc2)no1. The number of anilines is 3. The highest BCUT2D eigenvalue weighted by Crippen LogP contribution is 2.19. The van der Waals surface area contributed by atoms with Crippen LogP contribution in [-0.2, 0) is 0 Å². The van der Waals surface area contributed by atoms with E-state index in [-0.39, 0.29) is 5.91 Å². The molecule has 2 heterocycles. The molecule has 7 heteroatoms. The van der Waals surface area contributed by atoms with Gasteiger partial charge in [0.1, 0.15) is 5.76 Å². The number of aromatic nitrogens is 3. The molecule has 1 amide bonds. The van der Waals surface area contributed by atoms with E-state index in [1.807, 2.05) is 12.1 Å². The summed E-state index contributed by atoms with van der Waals surface area (Å²) in [5, 5.41) is 9.44. The molecule has 2 aromatic heterocycles. The number of aryl methyl sites for hydroxylation is 1. The Kier molecular flexibility index (Phi) is 4.74. The second-order valence-corrected chi connectivity index (χ2v) is 5.97. The molecule has 25 heavy (non-hydrogen) atoms. The van der Waals surface area contributed by atoms with Crippen LogP contribution in [0.1, 0.15) is 41.4 Å². The highest BCUT2D eigenvalue weighted by molar-refractivity contribution is 6.03. The number of amides is 1. The minimum atomic E-state index is -0.346. The van der Waals surface area contributed by atoms with Gasteiger partial charge in [0, 0.05) is 24.1 Å². The molecule has 0 aliphatic rings. The third-order valence-corrected chi connectivity index (χ3v) is 3.62. The van der Waals surface area contributed by atoms with Crippen LogP contribution in [0.25, 0.3) is 0 Å². The maximum absolute atomic E-state index is 12.1. The van der Waals surface area contributed by atoms with Gasteiger partial charge >= 0.3 is 0 Å². The van der Waals surface area contributed by atoms with E-state index in [9.17, 15) is 4.79 Å². The highest BCUT2D eigenvalue weighted by atomic mass is 16.5. The second kappa shape index (κ2) is 7.12. The van der Waals surface area contributed by atoms with Gasteiger partial charge in [-0.15, -0.1) is 0 Å². The van der Waals surface area contributed by atoms with Crippen molar-refractivity contribution < 1.29 is 9.32 Å². The van der Waals surface area contributed by atoms with Gasteiger partial charge < -0.3 is 15.2 Å². The smallest absolute Gasteiger partial charge is 0.260 e. The molecule has 1 aromatic carbocycles. The van der Waals surface area contributed by atoms with Gasteiger partial charge in [0.25, 0.3) is 5.91 Å². The van der Waals surface area contributed by atoms with E-state index < -0.39 is 0 Å². The van der Waals surface area contributed by atoms with Crippen molar-refractivity contribution in [2.24, 2.45) is 0 Å². The summed E-state index contributed by atoms with van der Waals surface area (Å²) in [5.74, 6) is 1.54. The van der Waals surface area contributed by atoms with Gasteiger partial charge in [-0.2, -0.15) is 0 Å². The fourth-order valence-electron chi connectivity index (χ4n) is 2.20. The second-order valence-electron chi connectivity index (χ2n) is 5.97. The van der Waals surface area contributed by atoms with E-state index in [1.165, 1.54) is 18.0 Å². The van der Waals surface area contributed by atoms with Gasteiger partial charge in [0.2, 0.25) is 5.95 Å². The molecular weight excluding hydrogens is 318 g/mol. The van der Waals surface area contributed by atoms with Crippen molar-refractivity contribution in [3.63, 3.8) is 0 Å². The van der Waals surface area contributed by atoms with E-state index >= 15 is 0 Å². The van der Waals surface area contributed by atoms with Crippen molar-refractivity contribution in [1.82, 2.24) is 15.1 Å². The van der Waals surface area contributed by atoms with Crippen molar-refractivity contribution in [2.75, 3.05) is 10.6 Å². The van der Waals surface area contributed by atoms with Gasteiger partial charge in [-0.25, -0.2) is 9.97 Å². The van der Waals surface area contributed by atoms with Crippen molar-refractivity contribution in [2.45, 2.75) is 26.7 Å². The summed E-state index contributed by atoms with van der Waals surface area (Å²) in [4.78, 5) is 20.4. The lowest BCUT2D eigenvalue weighted by Gasteiger charge is -2.08. The van der Waals surface area contributed by atoms with Crippen molar-refractivity contribution in [3.05, 3.63) is 59.6 Å². The van der Waals surface area contributed by atoms with Crippen LogP contribution >= 0.6 is 0 Å². The number of rotatable bonds is 5. The molecule has 3 aromatic rings. The fraction of sp³-hybridized carbons (Fsp3) is 0.222. The fourth-order valence-corrected chi connectivity index (χ4v) is 2.20. The van der Waals surface area contributed by atoms with Crippen LogP contribution in [0.5, 0.6) is 0 Å². The minimum absolute atomic E-state index is 0.335. The summed E-state index contributed by atoms with van der Waals surface area (Å²) in [7, 11) is 0. The lowest BCUT2D eigenvalue weighted by molar-refractivity contribution is 0.102. The summed E-state index contributed by atoms with van der Waals surface area (Å²) in [6.07, 6.45) is 2.92. The van der Waals surface area contributed by atoms with E-state index in [1.54, 1.807) is 13.0 Å². The molecule has 128 valence electrons. The zero-order valence-corrected chi connectivity index (χ0v) is 14.3. The van der Waals surface area contributed by atoms with Crippen LogP contribution in [0.15, 0.2) is 47.2 Å². The number of nitrogens with one attached hydrogen (secondary N) is 2. The number of carbonyl (C=O) groups is 1. The molecule has 3 rings (SSSR count). The number of hydrogen-bond acceptors (Lipinski definition) is 6. The Hall–Kier alpha value is -3.22. The van der Waals surface area contributed by atoms with Crippen molar-refractivity contribution in [1.29, 1.82) is 0 Å². The van der Waals surface area contributed by atoms with E-state index in [4.69, 9.17) is 4.52 Å². The first kappa shape index (κ1) is 16.6. The molecule has 0 radical (unpaired) electrons. The first-order valence-corrected chi connectivity index (χ1v) is 7.95. The molecule has 0 unspecified atom stereocenters. The van der Waals surface area contributed by atoms with Crippen LogP contribution < -0.4 is 10.6 Å². The monoisotopic (exact) mass is 337 g/mol. The molecule has 2 N–H and O–H groups in total. The molecule has 0 fully saturated rings. The van der Waals surface area contributed by atoms with E-state index in [0.717, 1.165) is 5.69 Å². The number of nitrogens with zero attached hydrogens (tertiary/aromatic N) is 3. The lowest BCUT2D eigenvalue weighted by atomic mass is 10.0. The number of carbonyl (C=O) groups excluding carboxylic acids is 1. The largest absolute Gasteiger partial charge is 0.360 e. The Morgan fingerprint density at radius 2 is 1.80 bits per heavy atom. The molecule has 0 spiro atoms. The summed E-state index contributed by atoms with van der Waals surface area (Å²) in [5.41, 5.74) is 2.49. The maximum atomic E-state index is 12.1. The zero-order valence-electron chi connectivity index (χ0n) is 14.3. The Morgan fingerprint density at radius 1 is 1.12 bits per heavy atom. The van der Waals surface area contributed by atoms with Gasteiger partial charge in [-0.3, -0.25) is 4.79 Å². The van der Waals surface area contributed by atoms with Gasteiger partial charge in [0.05, 0.1) is 5.56 Å². The zero-order chi connectivity index (χ0) is 17.8. The van der Waals surface area contributed by atoms with Gasteiger partial charge in [-0.1, -0.05) is 31.1 Å². The summed E-state index contributed by atoms with van der Waals surface area (Å²) in [6, 6.07) is 9.72. The van der Waals surface area contributed by atoms with Gasteiger partial charge in [0.15, 0.2) is 5.82 Å². The Morgan fingerprint density at radius 3 is 2.36 bits per heavy atom. The van der Waals surface area contributed by atoms with Crippen LogP contribution in [0.3, 0.4) is 0 Å². The molecule has 7 nitrogen and oxygen atoms in total. The standard InChI is InChI=1S/C18H19N5O2/c1-11(2)13-4-6-15(7-5-13)21-18-19-9-14(10-20-18)17(24)22-16-8-12(3)25-23-16/h4-11H,1-3H3,(H,19,20,21)(H,22,23,24). The topological polar surface area (TPSA) is 92.9 Å². The molecular formula is C18H19N5O2. The van der Waals surface area contributed by atoms with Crippen molar-refractivity contribution >= 4 is 23.4 Å². The van der Waals surface area contributed by atoms with E-state index in [2.05, 4.69) is 51.7 Å². The Labute approximate surface area is 145 Å². The average molecular weight is 337 g/mol. The molecule has 0 atom stereocenters. The predicted octanol–water partition coefficient (Wildman–Crippen LogP) is 3.89.